The van der Waals surface area contributed by atoms with Crippen LogP contribution in [0.4, 0.5) is 5.95 Å². The molecule has 0 bridgehead atoms. The molecule has 0 spiro atoms. The van der Waals surface area contributed by atoms with Crippen molar-refractivity contribution in [3.63, 3.8) is 0 Å². The quantitative estimate of drug-likeness (QED) is 0.745. The summed E-state index contributed by atoms with van der Waals surface area (Å²) in [6.45, 7) is 13.3. The van der Waals surface area contributed by atoms with Gasteiger partial charge in [0.05, 0.1) is 19.3 Å². The first kappa shape index (κ1) is 19.1. The van der Waals surface area contributed by atoms with Gasteiger partial charge in [-0.1, -0.05) is 13.8 Å². The van der Waals surface area contributed by atoms with Gasteiger partial charge in [0.15, 0.2) is 0 Å². The van der Waals surface area contributed by atoms with E-state index < -0.39 is 0 Å². The molecule has 0 saturated carbocycles. The van der Waals surface area contributed by atoms with Crippen LogP contribution < -0.4 is 4.90 Å². The average molecular weight is 364 g/mol. The third kappa shape index (κ3) is 4.03. The molecular weight excluding hydrogens is 330 g/mol. The number of carbonyl (C=O) groups is 1. The monoisotopic (exact) mass is 363 g/mol. The number of hydrogen-bond donors (Lipinski definition) is 0. The molecule has 2 saturated heterocycles. The van der Waals surface area contributed by atoms with Gasteiger partial charge >= 0.3 is 0 Å². The first-order valence-corrected chi connectivity index (χ1v) is 10.0. The molecule has 0 aromatic carbocycles. The van der Waals surface area contributed by atoms with Crippen molar-refractivity contribution in [2.45, 2.75) is 66.0 Å². The number of rotatable bonds is 7. The number of ether oxygens (including phenoxy) is 1. The second kappa shape index (κ2) is 7.94. The molecule has 0 N–H and O–H groups in total. The molecule has 7 nitrogen and oxygen atoms in total. The van der Waals surface area contributed by atoms with E-state index in [4.69, 9.17) is 4.74 Å². The Hall–Kier alpha value is -1.63. The average Bonchev–Trinajstić information content (AvgIpc) is 3.33. The fourth-order valence-corrected chi connectivity index (χ4v) is 3.82. The van der Waals surface area contributed by atoms with E-state index in [0.29, 0.717) is 24.4 Å². The summed E-state index contributed by atoms with van der Waals surface area (Å²) >= 11 is 0. The second-order valence-corrected chi connectivity index (χ2v) is 8.23. The van der Waals surface area contributed by atoms with Crippen LogP contribution in [-0.2, 0) is 11.3 Å². The highest BCUT2D eigenvalue weighted by atomic mass is 16.5. The van der Waals surface area contributed by atoms with Crippen LogP contribution in [0.5, 0.6) is 0 Å². The van der Waals surface area contributed by atoms with Crippen LogP contribution >= 0.6 is 0 Å². The van der Waals surface area contributed by atoms with E-state index in [1.54, 1.807) is 0 Å². The fourth-order valence-electron chi connectivity index (χ4n) is 3.82. The largest absolute Gasteiger partial charge is 0.377 e. The van der Waals surface area contributed by atoms with Crippen molar-refractivity contribution < 1.29 is 9.53 Å². The highest BCUT2D eigenvalue weighted by molar-refractivity contribution is 5.91. The fraction of sp³-hybridized carbons (Fsp3) is 0.842. The minimum Gasteiger partial charge on any atom is -0.377 e. The summed E-state index contributed by atoms with van der Waals surface area (Å²) in [6, 6.07) is 0. The van der Waals surface area contributed by atoms with Gasteiger partial charge in [-0.15, -0.1) is 10.2 Å². The molecular formula is C19H33N5O2. The molecule has 1 unspecified atom stereocenters. The number of carbonyl (C=O) groups excluding carboxylic acids is 1. The van der Waals surface area contributed by atoms with Crippen molar-refractivity contribution in [1.29, 1.82) is 0 Å². The highest BCUT2D eigenvalue weighted by Gasteiger charge is 2.35. The Labute approximate surface area is 156 Å². The molecule has 0 radical (unpaired) electrons. The normalized spacial score (nSPS) is 23.4. The lowest BCUT2D eigenvalue weighted by molar-refractivity contribution is 0.0695. The molecule has 3 rings (SSSR count). The Morgan fingerprint density at radius 2 is 1.96 bits per heavy atom. The maximum atomic E-state index is 12.9. The molecule has 1 aromatic heterocycles. The molecule has 2 aliphatic rings. The third-order valence-corrected chi connectivity index (χ3v) is 5.78. The van der Waals surface area contributed by atoms with Crippen molar-refractivity contribution in [2.75, 3.05) is 37.7 Å². The smallest absolute Gasteiger partial charge is 0.291 e. The van der Waals surface area contributed by atoms with Crippen molar-refractivity contribution in [2.24, 2.45) is 5.41 Å². The lowest BCUT2D eigenvalue weighted by Gasteiger charge is -2.24. The Morgan fingerprint density at radius 1 is 1.23 bits per heavy atom. The maximum absolute atomic E-state index is 12.9. The predicted molar refractivity (Wildman–Crippen MR) is 101 cm³/mol. The highest BCUT2D eigenvalue weighted by Crippen LogP contribution is 2.35. The number of aromatic nitrogens is 3. The minimum atomic E-state index is 0.00301. The van der Waals surface area contributed by atoms with Gasteiger partial charge in [0.2, 0.25) is 11.8 Å². The number of hydrogen-bond acceptors (Lipinski definition) is 5. The zero-order chi connectivity index (χ0) is 18.7. The number of nitrogens with zero attached hydrogens (tertiary/aromatic N) is 5. The zero-order valence-corrected chi connectivity index (χ0v) is 16.7. The van der Waals surface area contributed by atoms with E-state index in [-0.39, 0.29) is 12.0 Å². The van der Waals surface area contributed by atoms with E-state index in [9.17, 15) is 4.79 Å². The first-order chi connectivity index (χ1) is 12.4. The van der Waals surface area contributed by atoms with Crippen LogP contribution in [-0.4, -0.2) is 64.5 Å². The second-order valence-electron chi connectivity index (χ2n) is 8.23. The van der Waals surface area contributed by atoms with Crippen molar-refractivity contribution in [3.05, 3.63) is 5.82 Å². The van der Waals surface area contributed by atoms with Crippen LogP contribution in [0.2, 0.25) is 0 Å². The van der Waals surface area contributed by atoms with E-state index in [2.05, 4.69) is 28.9 Å². The summed E-state index contributed by atoms with van der Waals surface area (Å²) in [5, 5.41) is 8.73. The van der Waals surface area contributed by atoms with E-state index in [1.165, 1.54) is 0 Å². The van der Waals surface area contributed by atoms with Gasteiger partial charge in [-0.05, 0) is 44.9 Å². The Bertz CT molecular complexity index is 623. The summed E-state index contributed by atoms with van der Waals surface area (Å²) in [7, 11) is 0. The van der Waals surface area contributed by atoms with E-state index in [0.717, 1.165) is 57.8 Å². The van der Waals surface area contributed by atoms with Gasteiger partial charge in [-0.2, -0.15) is 0 Å². The van der Waals surface area contributed by atoms with Gasteiger partial charge in [0, 0.05) is 26.2 Å². The standard InChI is InChI=1S/C19H33N5O2/c1-5-19(4)8-11-23(14-19)18-21-20-16(17(25)22-9-6-7-10-22)24(18)12-13-26-15(2)3/h15H,5-14H2,1-4H3. The van der Waals surface area contributed by atoms with Crippen molar-refractivity contribution in [1.82, 2.24) is 19.7 Å². The van der Waals surface area contributed by atoms with Gasteiger partial charge in [0.25, 0.3) is 5.91 Å². The lowest BCUT2D eigenvalue weighted by Crippen LogP contribution is -2.32. The van der Waals surface area contributed by atoms with Gasteiger partial charge in [-0.25, -0.2) is 0 Å². The van der Waals surface area contributed by atoms with Crippen LogP contribution in [0.3, 0.4) is 0 Å². The summed E-state index contributed by atoms with van der Waals surface area (Å²) in [6.07, 6.45) is 4.61. The summed E-state index contributed by atoms with van der Waals surface area (Å²) < 4.78 is 7.71. The zero-order valence-electron chi connectivity index (χ0n) is 16.7. The first-order valence-electron chi connectivity index (χ1n) is 10.0. The van der Waals surface area contributed by atoms with Crippen LogP contribution in [0.1, 0.15) is 64.0 Å². The van der Waals surface area contributed by atoms with Crippen LogP contribution in [0.25, 0.3) is 0 Å². The van der Waals surface area contributed by atoms with Crippen molar-refractivity contribution in [3.8, 4) is 0 Å². The van der Waals surface area contributed by atoms with Crippen molar-refractivity contribution >= 4 is 11.9 Å². The number of likely N-dealkylation sites (tertiary alicyclic amines) is 1. The predicted octanol–water partition coefficient (Wildman–Crippen LogP) is 2.57. The molecule has 3 heterocycles. The topological polar surface area (TPSA) is 63.5 Å². The summed E-state index contributed by atoms with van der Waals surface area (Å²) in [5.74, 6) is 1.28. The molecule has 1 aromatic rings. The summed E-state index contributed by atoms with van der Waals surface area (Å²) in [5.41, 5.74) is 0.310. The van der Waals surface area contributed by atoms with Crippen LogP contribution in [0, 0.1) is 5.41 Å². The molecule has 26 heavy (non-hydrogen) atoms. The van der Waals surface area contributed by atoms with Gasteiger partial charge < -0.3 is 14.5 Å². The maximum Gasteiger partial charge on any atom is 0.291 e. The molecule has 1 atom stereocenters. The Balaban J connectivity index is 1.82. The summed E-state index contributed by atoms with van der Waals surface area (Å²) in [4.78, 5) is 17.1. The molecule has 2 fully saturated rings. The molecule has 0 aliphatic carbocycles. The molecule has 2 aliphatic heterocycles. The molecule has 1 amide bonds. The molecule has 146 valence electrons. The molecule has 7 heteroatoms. The SMILES string of the molecule is CCC1(C)CCN(c2nnc(C(=O)N3CCCC3)n2CCOC(C)C)C1. The van der Waals surface area contributed by atoms with Gasteiger partial charge in [0.1, 0.15) is 0 Å². The van der Waals surface area contributed by atoms with Gasteiger partial charge in [-0.3, -0.25) is 9.36 Å². The minimum absolute atomic E-state index is 0.00301. The van der Waals surface area contributed by atoms with Crippen LogP contribution in [0.15, 0.2) is 0 Å². The lowest BCUT2D eigenvalue weighted by atomic mass is 9.87. The van der Waals surface area contributed by atoms with E-state index in [1.807, 2.05) is 23.3 Å². The number of anilines is 1. The third-order valence-electron chi connectivity index (χ3n) is 5.78. The Kier molecular flexibility index (Phi) is 5.85. The Morgan fingerprint density at radius 3 is 2.58 bits per heavy atom. The van der Waals surface area contributed by atoms with E-state index >= 15 is 0 Å². The number of amides is 1.